The fraction of sp³-hybridized carbons (Fsp3) is 0.429. The van der Waals surface area contributed by atoms with Crippen LogP contribution in [0.3, 0.4) is 0 Å². The number of likely N-dealkylation sites (N-methyl/N-ethyl adjacent to an activating group) is 1. The number of carbonyl (C=O) groups excluding carboxylic acids is 1. The molecule has 40 heavy (non-hydrogen) atoms. The molecule has 1 aromatic carbocycles. The van der Waals surface area contributed by atoms with Crippen molar-refractivity contribution >= 4 is 45.8 Å². The van der Waals surface area contributed by atoms with E-state index in [0.29, 0.717) is 53.7 Å². The first kappa shape index (κ1) is 28.3. The number of aliphatic carboxylic acids is 1. The summed E-state index contributed by atoms with van der Waals surface area (Å²) in [5, 5.41) is 9.42. The lowest BCUT2D eigenvalue weighted by atomic mass is 9.86. The molecule has 3 aromatic rings. The van der Waals surface area contributed by atoms with Gasteiger partial charge in [0, 0.05) is 55.6 Å². The molecule has 9 nitrogen and oxygen atoms in total. The van der Waals surface area contributed by atoms with Gasteiger partial charge in [0.1, 0.15) is 12.3 Å². The van der Waals surface area contributed by atoms with Crippen molar-refractivity contribution < 1.29 is 28.6 Å². The number of benzene rings is 1. The first-order chi connectivity index (χ1) is 19.2. The molecule has 212 valence electrons. The number of halogens is 2. The van der Waals surface area contributed by atoms with Gasteiger partial charge in [-0.15, -0.1) is 0 Å². The number of amides is 1. The number of rotatable bonds is 8. The van der Waals surface area contributed by atoms with Crippen LogP contribution in [-0.4, -0.2) is 67.4 Å². The van der Waals surface area contributed by atoms with Crippen molar-refractivity contribution in [1.82, 2.24) is 9.97 Å². The van der Waals surface area contributed by atoms with E-state index in [-0.39, 0.29) is 23.2 Å². The van der Waals surface area contributed by atoms with E-state index in [0.717, 1.165) is 36.5 Å². The van der Waals surface area contributed by atoms with Crippen molar-refractivity contribution in [2.45, 2.75) is 25.7 Å². The Hall–Kier alpha value is -3.28. The summed E-state index contributed by atoms with van der Waals surface area (Å²) in [6, 6.07) is 6.97. The Bertz CT molecular complexity index is 1410. The monoisotopic (exact) mass is 588 g/mol. The number of carbonyl (C=O) groups is 2. The Labute approximate surface area is 240 Å². The van der Waals surface area contributed by atoms with E-state index in [4.69, 9.17) is 21.1 Å². The maximum atomic E-state index is 15.5. The molecular weight excluding hydrogens is 559 g/mol. The Morgan fingerprint density at radius 2 is 2.02 bits per heavy atom. The van der Waals surface area contributed by atoms with Gasteiger partial charge in [0.15, 0.2) is 16.7 Å². The van der Waals surface area contributed by atoms with Crippen LogP contribution in [0, 0.1) is 17.0 Å². The number of carboxylic acid groups (broad SMARTS) is 1. The van der Waals surface area contributed by atoms with Gasteiger partial charge in [-0.3, -0.25) is 14.5 Å². The molecule has 0 saturated carbocycles. The zero-order valence-electron chi connectivity index (χ0n) is 22.2. The number of anilines is 2. The van der Waals surface area contributed by atoms with Gasteiger partial charge >= 0.3 is 5.97 Å². The van der Waals surface area contributed by atoms with Gasteiger partial charge in [-0.05, 0) is 48.9 Å². The molecule has 1 amide bonds. The van der Waals surface area contributed by atoms with Crippen LogP contribution < -0.4 is 14.5 Å². The van der Waals surface area contributed by atoms with Crippen LogP contribution in [0.4, 0.5) is 15.3 Å². The smallest absolute Gasteiger partial charge is 0.304 e. The van der Waals surface area contributed by atoms with Crippen molar-refractivity contribution in [2.24, 2.45) is 11.8 Å². The average Bonchev–Trinajstić information content (AvgIpc) is 3.33. The van der Waals surface area contributed by atoms with E-state index in [2.05, 4.69) is 9.97 Å². The molecule has 2 aliphatic heterocycles. The molecule has 1 saturated heterocycles. The molecule has 0 aliphatic carbocycles. The summed E-state index contributed by atoms with van der Waals surface area (Å²) >= 11 is 7.05. The quantitative estimate of drug-likeness (QED) is 0.375. The number of hydrogen-bond acceptors (Lipinski definition) is 8. The Morgan fingerprint density at radius 3 is 2.77 bits per heavy atom. The fourth-order valence-corrected chi connectivity index (χ4v) is 6.12. The summed E-state index contributed by atoms with van der Waals surface area (Å²) < 4.78 is 26.7. The SMILES string of the molecule is CN1CCOc2cc(-c3ccc(Cl)cc3-c3nc(N(C)C(=O)C(CC(=O)O)CC4CCOCC4)sc3F)cnc21. The topological polar surface area (TPSA) is 105 Å². The third-order valence-corrected chi connectivity index (χ3v) is 8.50. The van der Waals surface area contributed by atoms with Crippen LogP contribution >= 0.6 is 22.9 Å². The summed E-state index contributed by atoms with van der Waals surface area (Å²) in [7, 11) is 3.44. The lowest BCUT2D eigenvalue weighted by Crippen LogP contribution is -2.35. The summed E-state index contributed by atoms with van der Waals surface area (Å²) in [5.41, 5.74) is 1.86. The number of pyridine rings is 1. The van der Waals surface area contributed by atoms with E-state index in [9.17, 15) is 14.7 Å². The van der Waals surface area contributed by atoms with Gasteiger partial charge in [-0.2, -0.15) is 4.39 Å². The first-order valence-electron chi connectivity index (χ1n) is 13.1. The minimum Gasteiger partial charge on any atom is -0.488 e. The first-order valence-corrected chi connectivity index (χ1v) is 14.3. The van der Waals surface area contributed by atoms with Gasteiger partial charge in [0.25, 0.3) is 0 Å². The van der Waals surface area contributed by atoms with Gasteiger partial charge in [-0.25, -0.2) is 9.97 Å². The minimum atomic E-state index is -1.05. The van der Waals surface area contributed by atoms with Gasteiger partial charge in [0.05, 0.1) is 13.0 Å². The number of thiazole rings is 1. The highest BCUT2D eigenvalue weighted by Crippen LogP contribution is 2.41. The Morgan fingerprint density at radius 1 is 1.25 bits per heavy atom. The van der Waals surface area contributed by atoms with Crippen molar-refractivity contribution in [2.75, 3.05) is 50.3 Å². The lowest BCUT2D eigenvalue weighted by molar-refractivity contribution is -0.141. The van der Waals surface area contributed by atoms with E-state index in [1.807, 2.05) is 18.0 Å². The lowest BCUT2D eigenvalue weighted by Gasteiger charge is -2.27. The van der Waals surface area contributed by atoms with Crippen LogP contribution in [0.15, 0.2) is 30.5 Å². The number of fused-ring (bicyclic) bond motifs is 1. The highest BCUT2D eigenvalue weighted by atomic mass is 35.5. The highest BCUT2D eigenvalue weighted by Gasteiger charge is 2.31. The normalized spacial score (nSPS) is 16.2. The van der Waals surface area contributed by atoms with Crippen molar-refractivity contribution in [3.63, 3.8) is 0 Å². The molecule has 1 N–H and O–H groups in total. The summed E-state index contributed by atoms with van der Waals surface area (Å²) in [4.78, 5) is 37.3. The molecule has 1 atom stereocenters. The van der Waals surface area contributed by atoms with Crippen LogP contribution in [0.2, 0.25) is 5.02 Å². The largest absolute Gasteiger partial charge is 0.488 e. The second kappa shape index (κ2) is 12.1. The van der Waals surface area contributed by atoms with Crippen LogP contribution in [0.5, 0.6) is 5.75 Å². The molecule has 2 aliphatic rings. The van der Waals surface area contributed by atoms with Gasteiger partial charge < -0.3 is 19.5 Å². The highest BCUT2D eigenvalue weighted by molar-refractivity contribution is 7.14. The van der Waals surface area contributed by atoms with Crippen LogP contribution in [0.1, 0.15) is 25.7 Å². The molecule has 5 rings (SSSR count). The van der Waals surface area contributed by atoms with Gasteiger partial charge in [-0.1, -0.05) is 29.0 Å². The van der Waals surface area contributed by atoms with Gasteiger partial charge in [0.2, 0.25) is 11.0 Å². The van der Waals surface area contributed by atoms with E-state index in [1.54, 1.807) is 24.4 Å². The molecule has 4 heterocycles. The number of hydrogen-bond donors (Lipinski definition) is 1. The molecule has 12 heteroatoms. The average molecular weight is 589 g/mol. The summed E-state index contributed by atoms with van der Waals surface area (Å²) in [6.07, 6.45) is 3.38. The number of nitrogens with zero attached hydrogens (tertiary/aromatic N) is 4. The maximum Gasteiger partial charge on any atom is 0.304 e. The molecular formula is C28H30ClFN4O5S. The van der Waals surface area contributed by atoms with Crippen LogP contribution in [0.25, 0.3) is 22.4 Å². The zero-order valence-corrected chi connectivity index (χ0v) is 23.8. The molecule has 1 unspecified atom stereocenters. The molecule has 2 aromatic heterocycles. The molecule has 0 spiro atoms. The summed E-state index contributed by atoms with van der Waals surface area (Å²) in [6.45, 7) is 2.46. The van der Waals surface area contributed by atoms with E-state index in [1.165, 1.54) is 11.9 Å². The number of carboxylic acids is 1. The number of ether oxygens (including phenoxy) is 2. The molecule has 0 bridgehead atoms. The van der Waals surface area contributed by atoms with Crippen molar-refractivity contribution in [1.29, 1.82) is 0 Å². The second-order valence-corrected chi connectivity index (χ2v) is 11.5. The van der Waals surface area contributed by atoms with Crippen LogP contribution in [-0.2, 0) is 14.3 Å². The zero-order chi connectivity index (χ0) is 28.4. The second-order valence-electron chi connectivity index (χ2n) is 10.1. The standard InChI is InChI=1S/C28H30ClFN4O5S/c1-33-7-10-39-22-12-18(15-31-26(22)33)20-4-3-19(29)14-21(20)24-25(30)40-28(32-24)34(2)27(37)17(13-23(35)36)11-16-5-8-38-9-6-16/h3-4,12,14-17H,5-11,13H2,1-2H3,(H,35,36). The third kappa shape index (κ3) is 6.06. The maximum absolute atomic E-state index is 15.5. The summed E-state index contributed by atoms with van der Waals surface area (Å²) in [5.74, 6) is -0.650. The van der Waals surface area contributed by atoms with E-state index < -0.39 is 22.9 Å². The van der Waals surface area contributed by atoms with E-state index >= 15 is 4.39 Å². The van der Waals surface area contributed by atoms with Crippen molar-refractivity contribution in [3.8, 4) is 28.1 Å². The number of aromatic nitrogens is 2. The molecule has 0 radical (unpaired) electrons. The third-order valence-electron chi connectivity index (χ3n) is 7.35. The Balaban J connectivity index is 1.45. The predicted octanol–water partition coefficient (Wildman–Crippen LogP) is 5.36. The predicted molar refractivity (Wildman–Crippen MR) is 152 cm³/mol. The molecule has 1 fully saturated rings. The fourth-order valence-electron chi connectivity index (χ4n) is 5.18. The van der Waals surface area contributed by atoms with Crippen molar-refractivity contribution in [3.05, 3.63) is 40.6 Å². The minimum absolute atomic E-state index is 0.0483. The Kier molecular flexibility index (Phi) is 8.53.